The first-order valence-electron chi connectivity index (χ1n) is 9.45. The van der Waals surface area contributed by atoms with E-state index in [-0.39, 0.29) is 5.22 Å². The van der Waals surface area contributed by atoms with E-state index in [9.17, 15) is 0 Å². The molecule has 1 saturated heterocycles. The molecule has 26 heavy (non-hydrogen) atoms. The number of rotatable bonds is 11. The van der Waals surface area contributed by atoms with Crippen molar-refractivity contribution in [2.75, 3.05) is 49.2 Å². The number of nitrogens with two attached hydrogens (primary N) is 1. The summed E-state index contributed by atoms with van der Waals surface area (Å²) in [6.07, 6.45) is 6.58. The van der Waals surface area contributed by atoms with Crippen LogP contribution in [0.1, 0.15) is 45.4 Å². The molecule has 1 fully saturated rings. The van der Waals surface area contributed by atoms with E-state index in [2.05, 4.69) is 6.92 Å². The van der Waals surface area contributed by atoms with E-state index in [1.54, 1.807) is 42.7 Å². The highest BCUT2D eigenvalue weighted by atomic mass is 28.4. The molecule has 1 aliphatic rings. The lowest BCUT2D eigenvalue weighted by Gasteiger charge is -2.47. The number of hydrogen-bond donors (Lipinski definition) is 1. The maximum Gasteiger partial charge on any atom is 0.500 e. The largest absolute Gasteiger partial charge is 0.500 e. The highest BCUT2D eigenvalue weighted by Crippen LogP contribution is 2.42. The minimum absolute atomic E-state index is 0.122. The van der Waals surface area contributed by atoms with Gasteiger partial charge in [-0.05, 0) is 31.9 Å². The van der Waals surface area contributed by atoms with Crippen LogP contribution in [-0.2, 0) is 26.9 Å². The second kappa shape index (κ2) is 13.4. The summed E-state index contributed by atoms with van der Waals surface area (Å²) in [4.78, 5) is 0. The molecule has 2 N–H and O–H groups in total. The first-order chi connectivity index (χ1) is 12.4. The van der Waals surface area contributed by atoms with E-state index in [0.717, 1.165) is 37.8 Å². The maximum absolute atomic E-state index is 5.83. The van der Waals surface area contributed by atoms with Crippen LogP contribution in [-0.4, -0.2) is 71.8 Å². The van der Waals surface area contributed by atoms with Gasteiger partial charge in [-0.15, -0.1) is 0 Å². The molecule has 0 aromatic heterocycles. The smallest absolute Gasteiger partial charge is 0.396 e. The Bertz CT molecular complexity index is 344. The minimum Gasteiger partial charge on any atom is -0.396 e. The van der Waals surface area contributed by atoms with E-state index >= 15 is 0 Å². The molecule has 1 rings (SSSR count). The van der Waals surface area contributed by atoms with E-state index < -0.39 is 17.4 Å². The van der Waals surface area contributed by atoms with Gasteiger partial charge in [0.05, 0.1) is 0 Å². The number of ether oxygens (including phenoxy) is 1. The topological polar surface area (TPSA) is 81.4 Å². The van der Waals surface area contributed by atoms with Crippen LogP contribution in [0.25, 0.3) is 0 Å². The van der Waals surface area contributed by atoms with Gasteiger partial charge in [-0.2, -0.15) is 0 Å². The lowest BCUT2D eigenvalue weighted by Crippen LogP contribution is -2.64. The predicted octanol–water partition coefficient (Wildman–Crippen LogP) is 2.84. The molecule has 0 aromatic carbocycles. The summed E-state index contributed by atoms with van der Waals surface area (Å²) in [6, 6.07) is 1.85. The molecule has 0 aromatic rings. The lowest BCUT2D eigenvalue weighted by atomic mass is 10.1. The van der Waals surface area contributed by atoms with Crippen molar-refractivity contribution in [2.24, 2.45) is 5.73 Å². The standard InChI is InChI=1S/C11H24O3Si.C6H17NO3Si/c1-5-8-11(12-2)9-6-7-10-15(11,13-3)14-4;1-8-11(9-2,10-3)6-4-5-7/h5-10H2,1-4H3;4-7H2,1-3H3. The van der Waals surface area contributed by atoms with Gasteiger partial charge in [-0.1, -0.05) is 26.2 Å². The van der Waals surface area contributed by atoms with Crippen LogP contribution in [0.4, 0.5) is 0 Å². The van der Waals surface area contributed by atoms with E-state index in [1.165, 1.54) is 12.8 Å². The maximum atomic E-state index is 5.83. The summed E-state index contributed by atoms with van der Waals surface area (Å²) < 4.78 is 32.9. The van der Waals surface area contributed by atoms with Crippen LogP contribution in [0.15, 0.2) is 0 Å². The van der Waals surface area contributed by atoms with Crippen molar-refractivity contribution in [1.82, 2.24) is 0 Å². The molecule has 9 heteroatoms. The molecule has 158 valence electrons. The second-order valence-corrected chi connectivity index (χ2v) is 13.3. The van der Waals surface area contributed by atoms with E-state index in [4.69, 9.17) is 32.6 Å². The van der Waals surface area contributed by atoms with E-state index in [1.807, 2.05) is 0 Å². The summed E-state index contributed by atoms with van der Waals surface area (Å²) >= 11 is 0. The third-order valence-electron chi connectivity index (χ3n) is 5.35. The van der Waals surface area contributed by atoms with Crippen LogP contribution in [0.3, 0.4) is 0 Å². The van der Waals surface area contributed by atoms with Gasteiger partial charge in [0.15, 0.2) is 0 Å². The summed E-state index contributed by atoms with van der Waals surface area (Å²) in [5.74, 6) is 0. The SMILES string of the molecule is CCCC1(OC)CCCC[Si]1(OC)OC.CO[Si](CCCN)(OC)OC. The Morgan fingerprint density at radius 3 is 1.92 bits per heavy atom. The Hall–Kier alpha value is 0.154. The molecule has 0 aliphatic carbocycles. The third kappa shape index (κ3) is 6.35. The average Bonchev–Trinajstić information content (AvgIpc) is 2.70. The Kier molecular flexibility index (Phi) is 13.4. The zero-order valence-corrected chi connectivity index (χ0v) is 19.9. The predicted molar refractivity (Wildman–Crippen MR) is 108 cm³/mol. The van der Waals surface area contributed by atoms with Crippen molar-refractivity contribution >= 4 is 17.4 Å². The van der Waals surface area contributed by atoms with Crippen LogP contribution in [0.2, 0.25) is 12.1 Å². The normalized spacial score (nSPS) is 22.6. The lowest BCUT2D eigenvalue weighted by molar-refractivity contribution is -0.0149. The van der Waals surface area contributed by atoms with Gasteiger partial charge in [0.1, 0.15) is 5.22 Å². The minimum atomic E-state index is -2.32. The van der Waals surface area contributed by atoms with Gasteiger partial charge < -0.3 is 32.6 Å². The van der Waals surface area contributed by atoms with E-state index in [0.29, 0.717) is 6.54 Å². The molecular formula is C17H41NO6Si2. The fourth-order valence-corrected chi connectivity index (χ4v) is 9.54. The summed E-state index contributed by atoms with van der Waals surface area (Å²) in [6.45, 7) is 2.84. The molecule has 0 amide bonds. The Balaban J connectivity index is 0.000000508. The van der Waals surface area contributed by atoms with Gasteiger partial charge in [0.2, 0.25) is 0 Å². The Morgan fingerprint density at radius 1 is 0.962 bits per heavy atom. The van der Waals surface area contributed by atoms with Gasteiger partial charge >= 0.3 is 17.4 Å². The number of methoxy groups -OCH3 is 1. The molecule has 7 nitrogen and oxygen atoms in total. The van der Waals surface area contributed by atoms with Crippen molar-refractivity contribution in [1.29, 1.82) is 0 Å². The van der Waals surface area contributed by atoms with Gasteiger partial charge in [-0.3, -0.25) is 0 Å². The van der Waals surface area contributed by atoms with Crippen LogP contribution < -0.4 is 5.73 Å². The van der Waals surface area contributed by atoms with Crippen LogP contribution >= 0.6 is 0 Å². The molecule has 1 heterocycles. The molecule has 1 aliphatic heterocycles. The Morgan fingerprint density at radius 2 is 1.54 bits per heavy atom. The fraction of sp³-hybridized carbons (Fsp3) is 1.00. The molecule has 0 radical (unpaired) electrons. The van der Waals surface area contributed by atoms with Gasteiger partial charge in [0.25, 0.3) is 0 Å². The second-order valence-electron chi connectivity index (χ2n) is 6.50. The van der Waals surface area contributed by atoms with Crippen molar-refractivity contribution in [2.45, 2.75) is 62.8 Å². The molecule has 0 saturated carbocycles. The Labute approximate surface area is 162 Å². The summed E-state index contributed by atoms with van der Waals surface area (Å²) in [7, 11) is 5.72. The van der Waals surface area contributed by atoms with Crippen molar-refractivity contribution in [3.8, 4) is 0 Å². The monoisotopic (exact) mass is 411 g/mol. The molecule has 1 unspecified atom stereocenters. The molecule has 1 atom stereocenters. The third-order valence-corrected chi connectivity index (χ3v) is 12.6. The van der Waals surface area contributed by atoms with Crippen LogP contribution in [0.5, 0.6) is 0 Å². The van der Waals surface area contributed by atoms with Crippen molar-refractivity contribution < 1.29 is 26.9 Å². The quantitative estimate of drug-likeness (QED) is 0.524. The first-order valence-corrected chi connectivity index (χ1v) is 13.4. The highest BCUT2D eigenvalue weighted by molar-refractivity contribution is 6.70. The van der Waals surface area contributed by atoms with Crippen molar-refractivity contribution in [3.63, 3.8) is 0 Å². The number of hydrogen-bond acceptors (Lipinski definition) is 7. The van der Waals surface area contributed by atoms with Gasteiger partial charge in [-0.25, -0.2) is 0 Å². The molecule has 0 spiro atoms. The first kappa shape index (κ1) is 26.2. The van der Waals surface area contributed by atoms with Crippen molar-refractivity contribution in [3.05, 3.63) is 0 Å². The van der Waals surface area contributed by atoms with Crippen LogP contribution in [0, 0.1) is 0 Å². The zero-order valence-electron chi connectivity index (χ0n) is 17.9. The summed E-state index contributed by atoms with van der Waals surface area (Å²) in [5.41, 5.74) is 5.36. The fourth-order valence-electron chi connectivity index (χ4n) is 3.80. The zero-order chi connectivity index (χ0) is 20.1. The summed E-state index contributed by atoms with van der Waals surface area (Å²) in [5, 5.41) is -0.122. The van der Waals surface area contributed by atoms with Gasteiger partial charge in [0, 0.05) is 48.7 Å². The highest BCUT2D eigenvalue weighted by Gasteiger charge is 2.58. The average molecular weight is 412 g/mol. The molecular weight excluding hydrogens is 370 g/mol. The molecule has 0 bridgehead atoms.